The minimum atomic E-state index is 0.0290. The van der Waals surface area contributed by atoms with Crippen molar-refractivity contribution in [2.24, 2.45) is 0 Å². The Balaban J connectivity index is 2.49. The molecule has 0 fully saturated rings. The second kappa shape index (κ2) is 3.89. The summed E-state index contributed by atoms with van der Waals surface area (Å²) >= 11 is 0. The maximum Gasteiger partial charge on any atom is 0.252 e. The van der Waals surface area contributed by atoms with Crippen LogP contribution < -0.4 is 11.2 Å². The quantitative estimate of drug-likeness (QED) is 0.628. The zero-order valence-electron chi connectivity index (χ0n) is 7.75. The van der Waals surface area contributed by atoms with Crippen molar-refractivity contribution < 1.29 is 5.21 Å². The number of nitrogens with zero attached hydrogens (tertiary/aromatic N) is 3. The molecule has 1 heterocycles. The van der Waals surface area contributed by atoms with Crippen molar-refractivity contribution in [1.82, 2.24) is 15.0 Å². The first-order chi connectivity index (χ1) is 7.29. The van der Waals surface area contributed by atoms with Crippen molar-refractivity contribution in [2.75, 3.05) is 11.2 Å². The summed E-state index contributed by atoms with van der Waals surface area (Å²) < 4.78 is 0. The molecule has 0 aliphatic heterocycles. The Morgan fingerprint density at radius 1 is 1.07 bits per heavy atom. The summed E-state index contributed by atoms with van der Waals surface area (Å²) in [5.41, 5.74) is 8.10. The van der Waals surface area contributed by atoms with Crippen LogP contribution in [-0.4, -0.2) is 20.2 Å². The van der Waals surface area contributed by atoms with E-state index in [-0.39, 0.29) is 11.9 Å². The van der Waals surface area contributed by atoms with E-state index in [1.165, 1.54) is 0 Å². The lowest BCUT2D eigenvalue weighted by atomic mass is 10.2. The van der Waals surface area contributed by atoms with Crippen molar-refractivity contribution in [3.05, 3.63) is 30.3 Å². The first kappa shape index (κ1) is 9.35. The van der Waals surface area contributed by atoms with E-state index in [2.05, 4.69) is 15.0 Å². The summed E-state index contributed by atoms with van der Waals surface area (Å²) in [4.78, 5) is 11.6. The molecule has 4 N–H and O–H groups in total. The zero-order chi connectivity index (χ0) is 10.7. The van der Waals surface area contributed by atoms with Crippen molar-refractivity contribution >= 4 is 11.9 Å². The normalized spacial score (nSPS) is 9.93. The number of nitrogens with one attached hydrogen (secondary N) is 1. The Morgan fingerprint density at radius 2 is 1.80 bits per heavy atom. The topological polar surface area (TPSA) is 97.0 Å². The summed E-state index contributed by atoms with van der Waals surface area (Å²) in [6.45, 7) is 0. The molecule has 0 bridgehead atoms. The Kier molecular flexibility index (Phi) is 2.42. The molecule has 0 amide bonds. The third-order valence-electron chi connectivity index (χ3n) is 1.78. The highest BCUT2D eigenvalue weighted by atomic mass is 16.5. The maximum absolute atomic E-state index is 8.68. The molecule has 0 saturated heterocycles. The smallest absolute Gasteiger partial charge is 0.252 e. The van der Waals surface area contributed by atoms with E-state index < -0.39 is 0 Å². The summed E-state index contributed by atoms with van der Waals surface area (Å²) in [6, 6.07) is 9.30. The number of hydrogen-bond acceptors (Lipinski definition) is 6. The molecule has 6 heteroatoms. The summed E-state index contributed by atoms with van der Waals surface area (Å²) in [6.07, 6.45) is 0. The van der Waals surface area contributed by atoms with Gasteiger partial charge in [-0.15, -0.1) is 0 Å². The highest BCUT2D eigenvalue weighted by Crippen LogP contribution is 2.15. The summed E-state index contributed by atoms with van der Waals surface area (Å²) in [5.74, 6) is 0.501. The Bertz CT molecular complexity index is 459. The van der Waals surface area contributed by atoms with E-state index in [0.29, 0.717) is 5.82 Å². The molecule has 15 heavy (non-hydrogen) atoms. The van der Waals surface area contributed by atoms with Gasteiger partial charge < -0.3 is 5.73 Å². The van der Waals surface area contributed by atoms with Gasteiger partial charge in [0, 0.05) is 5.56 Å². The molecule has 0 aliphatic rings. The van der Waals surface area contributed by atoms with E-state index in [0.717, 1.165) is 5.56 Å². The summed E-state index contributed by atoms with van der Waals surface area (Å²) in [5, 5.41) is 8.68. The van der Waals surface area contributed by atoms with E-state index in [1.54, 1.807) is 0 Å². The van der Waals surface area contributed by atoms with Crippen molar-refractivity contribution in [1.29, 1.82) is 0 Å². The van der Waals surface area contributed by atoms with E-state index in [1.807, 2.05) is 35.8 Å². The van der Waals surface area contributed by atoms with Gasteiger partial charge in [0.05, 0.1) is 0 Å². The molecular formula is C9H9N5O. The average molecular weight is 203 g/mol. The fourth-order valence-electron chi connectivity index (χ4n) is 1.16. The molecular weight excluding hydrogens is 194 g/mol. The Hall–Kier alpha value is -2.21. The third kappa shape index (κ3) is 2.00. The monoisotopic (exact) mass is 203 g/mol. The average Bonchev–Trinajstić information content (AvgIpc) is 2.29. The van der Waals surface area contributed by atoms with Crippen LogP contribution in [0.15, 0.2) is 30.3 Å². The molecule has 2 rings (SSSR count). The molecule has 0 saturated carbocycles. The van der Waals surface area contributed by atoms with E-state index in [9.17, 15) is 0 Å². The maximum atomic E-state index is 8.68. The molecule has 76 valence electrons. The second-order valence-electron chi connectivity index (χ2n) is 2.82. The Morgan fingerprint density at radius 3 is 2.47 bits per heavy atom. The van der Waals surface area contributed by atoms with Crippen LogP contribution >= 0.6 is 0 Å². The minimum Gasteiger partial charge on any atom is -0.368 e. The van der Waals surface area contributed by atoms with Crippen LogP contribution in [0, 0.1) is 0 Å². The van der Waals surface area contributed by atoms with Gasteiger partial charge in [0.15, 0.2) is 5.82 Å². The number of benzene rings is 1. The molecule has 0 radical (unpaired) electrons. The Labute approximate surface area is 85.8 Å². The predicted octanol–water partition coefficient (Wildman–Crippen LogP) is 0.922. The van der Waals surface area contributed by atoms with Gasteiger partial charge in [0.1, 0.15) is 0 Å². The van der Waals surface area contributed by atoms with Crippen LogP contribution in [0.3, 0.4) is 0 Å². The van der Waals surface area contributed by atoms with Gasteiger partial charge in [-0.05, 0) is 0 Å². The van der Waals surface area contributed by atoms with E-state index in [4.69, 9.17) is 10.9 Å². The number of aromatic nitrogens is 3. The van der Waals surface area contributed by atoms with Gasteiger partial charge >= 0.3 is 0 Å². The van der Waals surface area contributed by atoms with Crippen molar-refractivity contribution in [3.63, 3.8) is 0 Å². The third-order valence-corrected chi connectivity index (χ3v) is 1.78. The number of hydrogen-bond donors (Lipinski definition) is 3. The first-order valence-corrected chi connectivity index (χ1v) is 4.26. The molecule has 2 aromatic rings. The lowest BCUT2D eigenvalue weighted by Gasteiger charge is -2.02. The van der Waals surface area contributed by atoms with E-state index >= 15 is 0 Å². The van der Waals surface area contributed by atoms with Gasteiger partial charge in [0.2, 0.25) is 5.95 Å². The van der Waals surface area contributed by atoms with Crippen LogP contribution in [0.25, 0.3) is 11.4 Å². The molecule has 0 unspecified atom stereocenters. The van der Waals surface area contributed by atoms with Crippen LogP contribution in [-0.2, 0) is 0 Å². The predicted molar refractivity (Wildman–Crippen MR) is 55.1 cm³/mol. The lowest BCUT2D eigenvalue weighted by Crippen LogP contribution is -2.04. The zero-order valence-corrected chi connectivity index (χ0v) is 7.75. The SMILES string of the molecule is Nc1nc(NO)nc(-c2ccccc2)n1. The van der Waals surface area contributed by atoms with Crippen molar-refractivity contribution in [3.8, 4) is 11.4 Å². The molecule has 1 aromatic heterocycles. The molecule has 1 aromatic carbocycles. The summed E-state index contributed by atoms with van der Waals surface area (Å²) in [7, 11) is 0. The largest absolute Gasteiger partial charge is 0.368 e. The van der Waals surface area contributed by atoms with Gasteiger partial charge in [-0.25, -0.2) is 5.48 Å². The number of nitrogens with two attached hydrogens (primary N) is 1. The fourth-order valence-corrected chi connectivity index (χ4v) is 1.16. The van der Waals surface area contributed by atoms with Crippen LogP contribution in [0.1, 0.15) is 0 Å². The molecule has 6 nitrogen and oxygen atoms in total. The van der Waals surface area contributed by atoms with Gasteiger partial charge in [0.25, 0.3) is 5.95 Å². The fraction of sp³-hybridized carbons (Fsp3) is 0. The highest BCUT2D eigenvalue weighted by Gasteiger charge is 2.04. The second-order valence-corrected chi connectivity index (χ2v) is 2.82. The molecule has 0 spiro atoms. The van der Waals surface area contributed by atoms with Gasteiger partial charge in [-0.1, -0.05) is 30.3 Å². The number of nitrogen functional groups attached to an aromatic ring is 1. The highest BCUT2D eigenvalue weighted by molar-refractivity contribution is 5.56. The van der Waals surface area contributed by atoms with Crippen molar-refractivity contribution in [2.45, 2.75) is 0 Å². The van der Waals surface area contributed by atoms with Gasteiger partial charge in [-0.3, -0.25) is 5.21 Å². The standard InChI is InChI=1S/C9H9N5O/c10-8-11-7(12-9(13-8)14-15)6-4-2-1-3-5-6/h1-5,15H,(H3,10,11,12,13,14). The first-order valence-electron chi connectivity index (χ1n) is 4.26. The molecule has 0 atom stereocenters. The number of anilines is 2. The van der Waals surface area contributed by atoms with Gasteiger partial charge in [-0.2, -0.15) is 15.0 Å². The lowest BCUT2D eigenvalue weighted by molar-refractivity contribution is 0.382. The van der Waals surface area contributed by atoms with Crippen LogP contribution in [0.2, 0.25) is 0 Å². The minimum absolute atomic E-state index is 0.0290. The molecule has 0 aliphatic carbocycles. The van der Waals surface area contributed by atoms with Crippen LogP contribution in [0.4, 0.5) is 11.9 Å². The van der Waals surface area contributed by atoms with Crippen LogP contribution in [0.5, 0.6) is 0 Å². The number of rotatable bonds is 2.